The average molecular weight is 339 g/mol. The van der Waals surface area contributed by atoms with Crippen LogP contribution in [0.3, 0.4) is 0 Å². The van der Waals surface area contributed by atoms with Crippen molar-refractivity contribution in [1.29, 1.82) is 0 Å². The van der Waals surface area contributed by atoms with E-state index >= 15 is 0 Å². The number of aliphatic hydroxyl groups is 1. The molecule has 0 saturated heterocycles. The van der Waals surface area contributed by atoms with Crippen molar-refractivity contribution in [1.82, 2.24) is 4.72 Å². The first-order valence-corrected chi connectivity index (χ1v) is 9.30. The van der Waals surface area contributed by atoms with Crippen LogP contribution >= 0.6 is 0 Å². The molecule has 1 aliphatic carbocycles. The van der Waals surface area contributed by atoms with Crippen LogP contribution in [0.4, 0.5) is 0 Å². The van der Waals surface area contributed by atoms with Crippen LogP contribution in [-0.4, -0.2) is 19.6 Å². The lowest BCUT2D eigenvalue weighted by Crippen LogP contribution is -2.34. The molecular formula is C19H17NO3S. The first-order chi connectivity index (χ1) is 11.6. The van der Waals surface area contributed by atoms with Crippen molar-refractivity contribution in [3.8, 4) is 0 Å². The summed E-state index contributed by atoms with van der Waals surface area (Å²) < 4.78 is 28.6. The molecule has 0 spiro atoms. The summed E-state index contributed by atoms with van der Waals surface area (Å²) in [6.45, 7) is 0. The van der Waals surface area contributed by atoms with Gasteiger partial charge in [0.2, 0.25) is 10.0 Å². The number of nitrogens with one attached hydrogen (secondary N) is 1. The molecule has 122 valence electrons. The van der Waals surface area contributed by atoms with Crippen LogP contribution in [0.25, 0.3) is 10.8 Å². The predicted molar refractivity (Wildman–Crippen MR) is 93.2 cm³/mol. The van der Waals surface area contributed by atoms with Gasteiger partial charge in [-0.3, -0.25) is 0 Å². The molecule has 4 nitrogen and oxygen atoms in total. The smallest absolute Gasteiger partial charge is 0.241 e. The largest absolute Gasteiger partial charge is 0.391 e. The van der Waals surface area contributed by atoms with Crippen molar-refractivity contribution in [2.24, 2.45) is 0 Å². The summed E-state index contributed by atoms with van der Waals surface area (Å²) in [7, 11) is -3.76. The van der Waals surface area contributed by atoms with E-state index in [1.54, 1.807) is 18.2 Å². The third-order valence-electron chi connectivity index (χ3n) is 4.53. The van der Waals surface area contributed by atoms with Gasteiger partial charge in [-0.15, -0.1) is 0 Å². The van der Waals surface area contributed by atoms with E-state index in [4.69, 9.17) is 0 Å². The highest BCUT2D eigenvalue weighted by atomic mass is 32.2. The van der Waals surface area contributed by atoms with E-state index in [0.29, 0.717) is 11.8 Å². The van der Waals surface area contributed by atoms with E-state index in [9.17, 15) is 13.5 Å². The van der Waals surface area contributed by atoms with Gasteiger partial charge >= 0.3 is 0 Å². The van der Waals surface area contributed by atoms with Crippen molar-refractivity contribution in [3.05, 3.63) is 77.9 Å². The number of hydrogen-bond acceptors (Lipinski definition) is 3. The van der Waals surface area contributed by atoms with Gasteiger partial charge in [-0.2, -0.15) is 0 Å². The van der Waals surface area contributed by atoms with E-state index in [1.165, 1.54) is 0 Å². The van der Waals surface area contributed by atoms with Crippen LogP contribution in [0.5, 0.6) is 0 Å². The average Bonchev–Trinajstić information content (AvgIpc) is 2.90. The Balaban J connectivity index is 1.76. The molecule has 3 aromatic rings. The molecule has 5 heteroatoms. The standard InChI is InChI=1S/C19H17NO3S/c21-17-12-14-7-2-4-10-16(14)19(17)20-24(22,23)18-11-5-8-13-6-1-3-9-15(13)18/h1-11,17,19-21H,12H2/t17-,19+/m1/s1. The van der Waals surface area contributed by atoms with Gasteiger partial charge in [0.25, 0.3) is 0 Å². The zero-order chi connectivity index (χ0) is 16.7. The fourth-order valence-corrected chi connectivity index (χ4v) is 4.86. The lowest BCUT2D eigenvalue weighted by Gasteiger charge is -2.19. The third-order valence-corrected chi connectivity index (χ3v) is 6.02. The molecule has 3 aromatic carbocycles. The van der Waals surface area contributed by atoms with E-state index in [0.717, 1.165) is 16.5 Å². The molecular weight excluding hydrogens is 322 g/mol. The first kappa shape index (κ1) is 15.3. The van der Waals surface area contributed by atoms with E-state index in [-0.39, 0.29) is 4.90 Å². The van der Waals surface area contributed by atoms with Crippen LogP contribution < -0.4 is 4.72 Å². The summed E-state index contributed by atoms with van der Waals surface area (Å²) in [5.74, 6) is 0. The van der Waals surface area contributed by atoms with Gasteiger partial charge in [0, 0.05) is 11.8 Å². The molecule has 0 fully saturated rings. The van der Waals surface area contributed by atoms with Crippen molar-refractivity contribution >= 4 is 20.8 Å². The van der Waals surface area contributed by atoms with E-state index in [1.807, 2.05) is 48.5 Å². The Morgan fingerprint density at radius 3 is 2.50 bits per heavy atom. The van der Waals surface area contributed by atoms with Gasteiger partial charge < -0.3 is 5.11 Å². The van der Waals surface area contributed by atoms with Gasteiger partial charge in [0.1, 0.15) is 0 Å². The summed E-state index contributed by atoms with van der Waals surface area (Å²) >= 11 is 0. The van der Waals surface area contributed by atoms with Crippen LogP contribution in [-0.2, 0) is 16.4 Å². The number of rotatable bonds is 3. The van der Waals surface area contributed by atoms with Crippen molar-refractivity contribution < 1.29 is 13.5 Å². The SMILES string of the molecule is O=S(=O)(N[C@H]1c2ccccc2C[C@H]1O)c1cccc2ccccc12. The summed E-state index contributed by atoms with van der Waals surface area (Å²) in [6, 6.07) is 19.5. The van der Waals surface area contributed by atoms with Gasteiger partial charge in [0.05, 0.1) is 17.0 Å². The Morgan fingerprint density at radius 1 is 0.917 bits per heavy atom. The Hall–Kier alpha value is -2.21. The minimum Gasteiger partial charge on any atom is -0.391 e. The normalized spacial score (nSPS) is 20.2. The van der Waals surface area contributed by atoms with Crippen LogP contribution in [0, 0.1) is 0 Å². The topological polar surface area (TPSA) is 66.4 Å². The number of benzene rings is 3. The fraction of sp³-hybridized carbons (Fsp3) is 0.158. The van der Waals surface area contributed by atoms with Gasteiger partial charge in [0.15, 0.2) is 0 Å². The quantitative estimate of drug-likeness (QED) is 0.771. The molecule has 0 heterocycles. The van der Waals surface area contributed by atoms with Crippen LogP contribution in [0.15, 0.2) is 71.6 Å². The van der Waals surface area contributed by atoms with E-state index in [2.05, 4.69) is 4.72 Å². The second kappa shape index (κ2) is 5.70. The van der Waals surface area contributed by atoms with Crippen molar-refractivity contribution in [2.45, 2.75) is 23.5 Å². The lowest BCUT2D eigenvalue weighted by atomic mass is 10.1. The highest BCUT2D eigenvalue weighted by Crippen LogP contribution is 2.33. The fourth-order valence-electron chi connectivity index (χ4n) is 3.38. The number of fused-ring (bicyclic) bond motifs is 2. The Kier molecular flexibility index (Phi) is 3.64. The van der Waals surface area contributed by atoms with E-state index < -0.39 is 22.2 Å². The first-order valence-electron chi connectivity index (χ1n) is 7.82. The highest BCUT2D eigenvalue weighted by Gasteiger charge is 2.34. The zero-order valence-corrected chi connectivity index (χ0v) is 13.7. The molecule has 0 saturated carbocycles. The number of hydrogen-bond donors (Lipinski definition) is 2. The lowest BCUT2D eigenvalue weighted by molar-refractivity contribution is 0.151. The predicted octanol–water partition coefficient (Wildman–Crippen LogP) is 2.78. The monoisotopic (exact) mass is 339 g/mol. The molecule has 4 rings (SSSR count). The van der Waals surface area contributed by atoms with Crippen LogP contribution in [0.1, 0.15) is 17.2 Å². The minimum atomic E-state index is -3.76. The maximum absolute atomic E-state index is 12.9. The van der Waals surface area contributed by atoms with Crippen molar-refractivity contribution in [3.63, 3.8) is 0 Å². The summed E-state index contributed by atoms with van der Waals surface area (Å²) in [5.41, 5.74) is 1.82. The molecule has 0 aliphatic heterocycles. The van der Waals surface area contributed by atoms with Crippen LogP contribution in [0.2, 0.25) is 0 Å². The summed E-state index contributed by atoms with van der Waals surface area (Å²) in [4.78, 5) is 0.234. The maximum atomic E-state index is 12.9. The Morgan fingerprint density at radius 2 is 1.62 bits per heavy atom. The highest BCUT2D eigenvalue weighted by molar-refractivity contribution is 7.89. The van der Waals surface area contributed by atoms with Crippen molar-refractivity contribution in [2.75, 3.05) is 0 Å². The molecule has 0 radical (unpaired) electrons. The molecule has 0 aromatic heterocycles. The second-order valence-electron chi connectivity index (χ2n) is 6.05. The van der Waals surface area contributed by atoms with Gasteiger partial charge in [-0.1, -0.05) is 60.7 Å². The number of sulfonamides is 1. The molecule has 2 atom stereocenters. The Bertz CT molecular complexity index is 1010. The summed E-state index contributed by atoms with van der Waals surface area (Å²) in [5, 5.41) is 11.8. The third kappa shape index (κ3) is 2.51. The molecule has 0 amide bonds. The molecule has 24 heavy (non-hydrogen) atoms. The summed E-state index contributed by atoms with van der Waals surface area (Å²) in [6.07, 6.45) is -0.300. The molecule has 0 bridgehead atoms. The molecule has 1 aliphatic rings. The number of aliphatic hydroxyl groups excluding tert-OH is 1. The van der Waals surface area contributed by atoms with Gasteiger partial charge in [-0.25, -0.2) is 13.1 Å². The second-order valence-corrected chi connectivity index (χ2v) is 7.73. The Labute approximate surface area is 140 Å². The maximum Gasteiger partial charge on any atom is 0.241 e. The molecule has 0 unspecified atom stereocenters. The van der Waals surface area contributed by atoms with Gasteiger partial charge in [-0.05, 0) is 22.6 Å². The zero-order valence-electron chi connectivity index (χ0n) is 12.9. The molecule has 2 N–H and O–H groups in total. The minimum absolute atomic E-state index is 0.234.